The molecule has 36 heavy (non-hydrogen) atoms. The highest BCUT2D eigenvalue weighted by Gasteiger charge is 2.33. The van der Waals surface area contributed by atoms with Gasteiger partial charge in [-0.15, -0.1) is 0 Å². The lowest BCUT2D eigenvalue weighted by Gasteiger charge is -2.34. The molecule has 0 radical (unpaired) electrons. The van der Waals surface area contributed by atoms with E-state index in [4.69, 9.17) is 4.74 Å². The van der Waals surface area contributed by atoms with E-state index >= 15 is 0 Å². The second-order valence-corrected chi connectivity index (χ2v) is 8.43. The molecule has 188 valence electrons. The fraction of sp³-hybridized carbons (Fsp3) is 0.259. The average molecular weight is 498 g/mol. The number of rotatable bonds is 7. The fourth-order valence-corrected chi connectivity index (χ4v) is 4.00. The Morgan fingerprint density at radius 1 is 0.806 bits per heavy atom. The Bertz CT molecular complexity index is 1180. The Morgan fingerprint density at radius 3 is 2.08 bits per heavy atom. The first-order chi connectivity index (χ1) is 17.3. The first-order valence-electron chi connectivity index (χ1n) is 11.5. The van der Waals surface area contributed by atoms with Crippen LogP contribution in [0.5, 0.6) is 5.75 Å². The van der Waals surface area contributed by atoms with Gasteiger partial charge in [-0.1, -0.05) is 54.6 Å². The monoisotopic (exact) mass is 497 g/mol. The number of hydrogen-bond donors (Lipinski definition) is 1. The number of alkyl halides is 3. The molecule has 4 rings (SSSR count). The van der Waals surface area contributed by atoms with Crippen LogP contribution < -0.4 is 10.1 Å². The SMILES string of the molecule is O=C(CN1CCN(C(=O)COc2ccc(-c3ccccc3)cc2)CC1)Nc1ccccc1C(F)(F)F. The number of piperazine rings is 1. The van der Waals surface area contributed by atoms with Crippen LogP contribution in [-0.4, -0.2) is 60.9 Å². The molecule has 0 unspecified atom stereocenters. The summed E-state index contributed by atoms with van der Waals surface area (Å²) in [4.78, 5) is 28.3. The lowest BCUT2D eigenvalue weighted by molar-refractivity contribution is -0.137. The van der Waals surface area contributed by atoms with Crippen LogP contribution in [0.2, 0.25) is 0 Å². The van der Waals surface area contributed by atoms with Gasteiger partial charge < -0.3 is 15.0 Å². The minimum atomic E-state index is -4.55. The first-order valence-corrected chi connectivity index (χ1v) is 11.5. The Labute approximate surface area is 207 Å². The Kier molecular flexibility index (Phi) is 7.90. The van der Waals surface area contributed by atoms with Crippen molar-refractivity contribution in [3.05, 3.63) is 84.4 Å². The summed E-state index contributed by atoms with van der Waals surface area (Å²) in [5, 5.41) is 2.35. The van der Waals surface area contributed by atoms with Gasteiger partial charge in [0.15, 0.2) is 6.61 Å². The third kappa shape index (κ3) is 6.63. The van der Waals surface area contributed by atoms with Crippen molar-refractivity contribution in [2.24, 2.45) is 0 Å². The number of ether oxygens (including phenoxy) is 1. The van der Waals surface area contributed by atoms with E-state index < -0.39 is 17.6 Å². The molecule has 1 saturated heterocycles. The van der Waals surface area contributed by atoms with E-state index in [1.807, 2.05) is 54.6 Å². The number of amides is 2. The summed E-state index contributed by atoms with van der Waals surface area (Å²) < 4.78 is 45.0. The summed E-state index contributed by atoms with van der Waals surface area (Å²) >= 11 is 0. The van der Waals surface area contributed by atoms with Crippen molar-refractivity contribution < 1.29 is 27.5 Å². The number of nitrogens with one attached hydrogen (secondary N) is 1. The highest BCUT2D eigenvalue weighted by Crippen LogP contribution is 2.34. The zero-order valence-electron chi connectivity index (χ0n) is 19.5. The molecule has 3 aromatic rings. The summed E-state index contributed by atoms with van der Waals surface area (Å²) in [6, 6.07) is 22.3. The Hall–Kier alpha value is -3.85. The van der Waals surface area contributed by atoms with Crippen LogP contribution in [0.4, 0.5) is 18.9 Å². The van der Waals surface area contributed by atoms with Crippen molar-refractivity contribution in [2.75, 3.05) is 44.6 Å². The topological polar surface area (TPSA) is 61.9 Å². The second kappa shape index (κ2) is 11.3. The van der Waals surface area contributed by atoms with Crippen LogP contribution in [0, 0.1) is 0 Å². The standard InChI is InChI=1S/C27H26F3N3O3/c28-27(29,30)23-8-4-5-9-24(23)31-25(34)18-32-14-16-33(17-15-32)26(35)19-36-22-12-10-21(11-13-22)20-6-2-1-3-7-20/h1-13H,14-19H2,(H,31,34). The summed E-state index contributed by atoms with van der Waals surface area (Å²) in [7, 11) is 0. The number of benzene rings is 3. The van der Waals surface area contributed by atoms with E-state index in [2.05, 4.69) is 5.32 Å². The average Bonchev–Trinajstić information content (AvgIpc) is 2.88. The van der Waals surface area contributed by atoms with Crippen molar-refractivity contribution in [2.45, 2.75) is 6.18 Å². The zero-order valence-corrected chi connectivity index (χ0v) is 19.5. The van der Waals surface area contributed by atoms with Crippen LogP contribution in [-0.2, 0) is 15.8 Å². The number of hydrogen-bond acceptors (Lipinski definition) is 4. The van der Waals surface area contributed by atoms with Gasteiger partial charge in [-0.25, -0.2) is 0 Å². The molecule has 0 aromatic heterocycles. The maximum atomic E-state index is 13.1. The summed E-state index contributed by atoms with van der Waals surface area (Å²) in [5.41, 5.74) is 0.994. The summed E-state index contributed by atoms with van der Waals surface area (Å²) in [6.45, 7) is 1.53. The Morgan fingerprint density at radius 2 is 1.42 bits per heavy atom. The van der Waals surface area contributed by atoms with Crippen LogP contribution in [0.15, 0.2) is 78.9 Å². The number of nitrogens with zero attached hydrogens (tertiary/aromatic N) is 2. The zero-order chi connectivity index (χ0) is 25.5. The number of carbonyl (C=O) groups is 2. The minimum Gasteiger partial charge on any atom is -0.484 e. The summed E-state index contributed by atoms with van der Waals surface area (Å²) in [6.07, 6.45) is -4.55. The normalized spacial score (nSPS) is 14.4. The molecule has 1 aliphatic heterocycles. The third-order valence-electron chi connectivity index (χ3n) is 5.92. The van der Waals surface area contributed by atoms with E-state index in [1.54, 1.807) is 9.80 Å². The lowest BCUT2D eigenvalue weighted by atomic mass is 10.1. The van der Waals surface area contributed by atoms with Gasteiger partial charge in [0.25, 0.3) is 5.91 Å². The molecule has 0 bridgehead atoms. The van der Waals surface area contributed by atoms with Gasteiger partial charge in [-0.2, -0.15) is 13.2 Å². The largest absolute Gasteiger partial charge is 0.484 e. The number of halogens is 3. The van der Waals surface area contributed by atoms with E-state index in [-0.39, 0.29) is 24.7 Å². The molecule has 1 heterocycles. The van der Waals surface area contributed by atoms with Gasteiger partial charge in [-0.3, -0.25) is 14.5 Å². The van der Waals surface area contributed by atoms with E-state index in [9.17, 15) is 22.8 Å². The van der Waals surface area contributed by atoms with Crippen molar-refractivity contribution in [3.63, 3.8) is 0 Å². The molecule has 6 nitrogen and oxygen atoms in total. The molecule has 3 aromatic carbocycles. The molecular formula is C27H26F3N3O3. The van der Waals surface area contributed by atoms with Crippen molar-refractivity contribution in [3.8, 4) is 16.9 Å². The highest BCUT2D eigenvalue weighted by atomic mass is 19.4. The number of anilines is 1. The molecule has 0 aliphatic carbocycles. The maximum Gasteiger partial charge on any atom is 0.418 e. The fourth-order valence-electron chi connectivity index (χ4n) is 4.00. The van der Waals surface area contributed by atoms with Gasteiger partial charge in [0.1, 0.15) is 5.75 Å². The van der Waals surface area contributed by atoms with Gasteiger partial charge in [0.2, 0.25) is 5.91 Å². The molecule has 9 heteroatoms. The predicted molar refractivity (Wildman–Crippen MR) is 130 cm³/mol. The van der Waals surface area contributed by atoms with Crippen LogP contribution in [0.25, 0.3) is 11.1 Å². The van der Waals surface area contributed by atoms with E-state index in [0.717, 1.165) is 17.2 Å². The van der Waals surface area contributed by atoms with Crippen LogP contribution >= 0.6 is 0 Å². The Balaban J connectivity index is 1.21. The van der Waals surface area contributed by atoms with Gasteiger partial charge >= 0.3 is 6.18 Å². The minimum absolute atomic E-state index is 0.0571. The van der Waals surface area contributed by atoms with Gasteiger partial charge in [0, 0.05) is 26.2 Å². The molecule has 0 atom stereocenters. The molecule has 0 saturated carbocycles. The van der Waals surface area contributed by atoms with E-state index in [0.29, 0.717) is 31.9 Å². The van der Waals surface area contributed by atoms with E-state index in [1.165, 1.54) is 18.2 Å². The molecule has 2 amide bonds. The van der Waals surface area contributed by atoms with Crippen molar-refractivity contribution >= 4 is 17.5 Å². The summed E-state index contributed by atoms with van der Waals surface area (Å²) in [5.74, 6) is -0.100. The molecule has 1 aliphatic rings. The van der Waals surface area contributed by atoms with Crippen LogP contribution in [0.3, 0.4) is 0 Å². The van der Waals surface area contributed by atoms with Gasteiger partial charge in [-0.05, 0) is 35.4 Å². The lowest BCUT2D eigenvalue weighted by Crippen LogP contribution is -2.51. The maximum absolute atomic E-state index is 13.1. The third-order valence-corrected chi connectivity index (χ3v) is 5.92. The number of carbonyl (C=O) groups excluding carboxylic acids is 2. The van der Waals surface area contributed by atoms with Crippen molar-refractivity contribution in [1.29, 1.82) is 0 Å². The smallest absolute Gasteiger partial charge is 0.418 e. The quantitative estimate of drug-likeness (QED) is 0.521. The molecular weight excluding hydrogens is 471 g/mol. The molecule has 0 spiro atoms. The molecule has 1 N–H and O–H groups in total. The molecule has 1 fully saturated rings. The van der Waals surface area contributed by atoms with Crippen LogP contribution in [0.1, 0.15) is 5.56 Å². The predicted octanol–water partition coefficient (Wildman–Crippen LogP) is 4.53. The number of para-hydroxylation sites is 1. The second-order valence-electron chi connectivity index (χ2n) is 8.43. The first kappa shape index (κ1) is 25.2. The highest BCUT2D eigenvalue weighted by molar-refractivity contribution is 5.93. The van der Waals surface area contributed by atoms with Gasteiger partial charge in [0.05, 0.1) is 17.8 Å². The van der Waals surface area contributed by atoms with Crippen molar-refractivity contribution in [1.82, 2.24) is 9.80 Å².